The molecule has 0 unspecified atom stereocenters. The molecule has 1 amide bonds. The van der Waals surface area contributed by atoms with Gasteiger partial charge in [0.05, 0.1) is 21.7 Å². The smallest absolute Gasteiger partial charge is 0.325 e. The van der Waals surface area contributed by atoms with Gasteiger partial charge in [-0.15, -0.1) is 17.9 Å². The first-order chi connectivity index (χ1) is 16.7. The minimum atomic E-state index is -4.65. The van der Waals surface area contributed by atoms with E-state index in [0.717, 1.165) is 34.3 Å². The van der Waals surface area contributed by atoms with E-state index < -0.39 is 22.7 Å². The van der Waals surface area contributed by atoms with Crippen LogP contribution in [0.25, 0.3) is 20.7 Å². The van der Waals surface area contributed by atoms with Crippen LogP contribution in [0.5, 0.6) is 0 Å². The summed E-state index contributed by atoms with van der Waals surface area (Å²) in [6.45, 7) is 3.87. The number of carbonyl (C=O) groups is 1. The van der Waals surface area contributed by atoms with Crippen LogP contribution in [0.15, 0.2) is 77.2 Å². The van der Waals surface area contributed by atoms with Gasteiger partial charge in [0.2, 0.25) is 5.91 Å². The summed E-state index contributed by atoms with van der Waals surface area (Å²) in [7, 11) is 0. The van der Waals surface area contributed by atoms with Crippen molar-refractivity contribution in [3.63, 3.8) is 0 Å². The Hall–Kier alpha value is -3.08. The average molecular weight is 536 g/mol. The van der Waals surface area contributed by atoms with Gasteiger partial charge in [0.1, 0.15) is 4.83 Å². The van der Waals surface area contributed by atoms with Crippen molar-refractivity contribution in [3.05, 3.63) is 88.2 Å². The third-order valence-electron chi connectivity index (χ3n) is 4.87. The zero-order chi connectivity index (χ0) is 25.2. The number of allylic oxidation sites excluding steroid dienone is 1. The summed E-state index contributed by atoms with van der Waals surface area (Å²) < 4.78 is 40.7. The first kappa shape index (κ1) is 25.0. The van der Waals surface area contributed by atoms with Gasteiger partial charge < -0.3 is 5.32 Å². The van der Waals surface area contributed by atoms with Crippen LogP contribution >= 0.6 is 34.7 Å². The molecule has 2 aromatic carbocycles. The van der Waals surface area contributed by atoms with E-state index in [1.54, 1.807) is 12.1 Å². The molecule has 0 atom stereocenters. The molecule has 0 radical (unpaired) electrons. The van der Waals surface area contributed by atoms with E-state index in [-0.39, 0.29) is 23.5 Å². The summed E-state index contributed by atoms with van der Waals surface area (Å²) in [5.41, 5.74) is -0.378. The largest absolute Gasteiger partial charge is 0.417 e. The van der Waals surface area contributed by atoms with Gasteiger partial charge in [-0.1, -0.05) is 59.8 Å². The zero-order valence-electron chi connectivity index (χ0n) is 17.9. The molecule has 180 valence electrons. The van der Waals surface area contributed by atoms with Gasteiger partial charge in [-0.25, -0.2) is 4.98 Å². The number of alkyl halides is 3. The molecule has 0 saturated carbocycles. The van der Waals surface area contributed by atoms with Gasteiger partial charge in [-0.3, -0.25) is 14.2 Å². The van der Waals surface area contributed by atoms with Gasteiger partial charge in [-0.05, 0) is 29.8 Å². The Morgan fingerprint density at radius 1 is 1.20 bits per heavy atom. The van der Waals surface area contributed by atoms with Crippen LogP contribution in [0.1, 0.15) is 5.56 Å². The SMILES string of the molecule is C=CCn1c(SCC(=O)Nc2ccc(Cl)c(C(F)(F)F)c2)nc2sc(-c3ccccc3)cc2c1=O. The molecule has 0 aliphatic carbocycles. The van der Waals surface area contributed by atoms with E-state index in [2.05, 4.69) is 16.9 Å². The predicted octanol–water partition coefficient (Wildman–Crippen LogP) is 6.71. The van der Waals surface area contributed by atoms with Crippen molar-refractivity contribution in [1.82, 2.24) is 9.55 Å². The molecule has 5 nitrogen and oxygen atoms in total. The number of carbonyl (C=O) groups excluding carboxylic acids is 1. The summed E-state index contributed by atoms with van der Waals surface area (Å²) in [6.07, 6.45) is -3.10. The molecule has 0 aliphatic rings. The number of fused-ring (bicyclic) bond motifs is 1. The number of thiophene rings is 1. The molecule has 1 N–H and O–H groups in total. The Labute approximate surface area is 211 Å². The quantitative estimate of drug-likeness (QED) is 0.162. The summed E-state index contributed by atoms with van der Waals surface area (Å²) in [6, 6.07) is 14.5. The Balaban J connectivity index is 1.58. The molecule has 35 heavy (non-hydrogen) atoms. The maximum Gasteiger partial charge on any atom is 0.417 e. The van der Waals surface area contributed by atoms with Gasteiger partial charge in [0.15, 0.2) is 5.16 Å². The predicted molar refractivity (Wildman–Crippen MR) is 135 cm³/mol. The Morgan fingerprint density at radius 2 is 1.94 bits per heavy atom. The van der Waals surface area contributed by atoms with Crippen molar-refractivity contribution in [3.8, 4) is 10.4 Å². The molecular formula is C24H17ClF3N3O2S2. The second-order valence-electron chi connectivity index (χ2n) is 7.32. The summed E-state index contributed by atoms with van der Waals surface area (Å²) in [5.74, 6) is -0.725. The summed E-state index contributed by atoms with van der Waals surface area (Å²) >= 11 is 8.00. The third-order valence-corrected chi connectivity index (χ3v) is 7.26. The highest BCUT2D eigenvalue weighted by Crippen LogP contribution is 2.36. The maximum atomic E-state index is 13.1. The second kappa shape index (κ2) is 10.3. The van der Waals surface area contributed by atoms with E-state index in [0.29, 0.717) is 15.4 Å². The molecule has 0 bridgehead atoms. The molecule has 0 fully saturated rings. The molecule has 4 rings (SSSR count). The lowest BCUT2D eigenvalue weighted by Gasteiger charge is -2.12. The maximum absolute atomic E-state index is 13.1. The molecule has 0 spiro atoms. The topological polar surface area (TPSA) is 64.0 Å². The number of nitrogens with zero attached hydrogens (tertiary/aromatic N) is 2. The number of hydrogen-bond acceptors (Lipinski definition) is 5. The molecule has 4 aromatic rings. The standard InChI is InChI=1S/C24H17ClF3N3O2S2/c1-2-10-31-22(33)16-12-19(14-6-4-3-5-7-14)35-21(16)30-23(31)34-13-20(32)29-15-8-9-18(25)17(11-15)24(26,27)28/h2-9,11-12H,1,10,13H2,(H,29,32). The molecule has 2 aromatic heterocycles. The molecular weight excluding hydrogens is 519 g/mol. The van der Waals surface area contributed by atoms with Gasteiger partial charge in [-0.2, -0.15) is 13.2 Å². The minimum Gasteiger partial charge on any atom is -0.325 e. The number of rotatable bonds is 7. The van der Waals surface area contributed by atoms with Gasteiger partial charge in [0.25, 0.3) is 5.56 Å². The monoisotopic (exact) mass is 535 g/mol. The fraction of sp³-hybridized carbons (Fsp3) is 0.125. The van der Waals surface area contributed by atoms with Crippen LogP contribution in [0, 0.1) is 0 Å². The number of hydrogen-bond donors (Lipinski definition) is 1. The first-order valence-corrected chi connectivity index (χ1v) is 12.4. The lowest BCUT2D eigenvalue weighted by molar-refractivity contribution is -0.137. The normalized spacial score (nSPS) is 11.5. The van der Waals surface area contributed by atoms with E-state index in [4.69, 9.17) is 11.6 Å². The highest BCUT2D eigenvalue weighted by molar-refractivity contribution is 7.99. The van der Waals surface area contributed by atoms with E-state index >= 15 is 0 Å². The Kier molecular flexibility index (Phi) is 7.34. The molecule has 0 aliphatic heterocycles. The number of anilines is 1. The van der Waals surface area contributed by atoms with Crippen molar-refractivity contribution < 1.29 is 18.0 Å². The average Bonchev–Trinajstić information content (AvgIpc) is 3.25. The van der Waals surface area contributed by atoms with Crippen molar-refractivity contribution in [1.29, 1.82) is 0 Å². The number of aromatic nitrogens is 2. The van der Waals surface area contributed by atoms with Crippen LogP contribution in [0.2, 0.25) is 5.02 Å². The zero-order valence-corrected chi connectivity index (χ0v) is 20.3. The highest BCUT2D eigenvalue weighted by Gasteiger charge is 2.33. The van der Waals surface area contributed by atoms with E-state index in [1.807, 2.05) is 30.3 Å². The van der Waals surface area contributed by atoms with E-state index in [9.17, 15) is 22.8 Å². The van der Waals surface area contributed by atoms with Crippen LogP contribution in [0.3, 0.4) is 0 Å². The Morgan fingerprint density at radius 3 is 2.63 bits per heavy atom. The van der Waals surface area contributed by atoms with Crippen molar-refractivity contribution in [2.75, 3.05) is 11.1 Å². The second-order valence-corrected chi connectivity index (χ2v) is 9.70. The van der Waals surface area contributed by atoms with Crippen LogP contribution in [-0.2, 0) is 17.5 Å². The van der Waals surface area contributed by atoms with Crippen molar-refractivity contribution in [2.45, 2.75) is 17.9 Å². The first-order valence-electron chi connectivity index (χ1n) is 10.2. The third kappa shape index (κ3) is 5.61. The fourth-order valence-electron chi connectivity index (χ4n) is 3.29. The van der Waals surface area contributed by atoms with Crippen LogP contribution in [0.4, 0.5) is 18.9 Å². The van der Waals surface area contributed by atoms with Crippen molar-refractivity contribution >= 4 is 56.5 Å². The van der Waals surface area contributed by atoms with Crippen molar-refractivity contribution in [2.24, 2.45) is 0 Å². The fourth-order valence-corrected chi connectivity index (χ4v) is 5.40. The van der Waals surface area contributed by atoms with Crippen LogP contribution < -0.4 is 10.9 Å². The highest BCUT2D eigenvalue weighted by atomic mass is 35.5. The molecule has 0 saturated heterocycles. The Bertz CT molecular complexity index is 1470. The minimum absolute atomic E-state index is 0.0371. The van der Waals surface area contributed by atoms with Gasteiger partial charge in [0, 0.05) is 17.1 Å². The number of halogens is 4. The van der Waals surface area contributed by atoms with Crippen LogP contribution in [-0.4, -0.2) is 21.2 Å². The van der Waals surface area contributed by atoms with E-state index in [1.165, 1.54) is 22.0 Å². The number of nitrogens with one attached hydrogen (secondary N) is 1. The number of amides is 1. The van der Waals surface area contributed by atoms with Gasteiger partial charge >= 0.3 is 6.18 Å². The number of benzene rings is 2. The molecule has 11 heteroatoms. The number of thioether (sulfide) groups is 1. The summed E-state index contributed by atoms with van der Waals surface area (Å²) in [5, 5.41) is 2.75. The lowest BCUT2D eigenvalue weighted by atomic mass is 10.2. The summed E-state index contributed by atoms with van der Waals surface area (Å²) in [4.78, 5) is 31.6. The molecule has 2 heterocycles. The lowest BCUT2D eigenvalue weighted by Crippen LogP contribution is -2.23.